The van der Waals surface area contributed by atoms with Gasteiger partial charge >= 0.3 is 0 Å². The van der Waals surface area contributed by atoms with Crippen molar-refractivity contribution in [2.45, 2.75) is 60.6 Å². The average molecular weight is 589 g/mol. The number of rotatable bonds is 5. The molecule has 218 valence electrons. The van der Waals surface area contributed by atoms with Gasteiger partial charge in [-0.3, -0.25) is 0 Å². The van der Waals surface area contributed by atoms with Gasteiger partial charge in [-0.2, -0.15) is 0 Å². The molecule has 2 nitrogen and oxygen atoms in total. The van der Waals surface area contributed by atoms with Gasteiger partial charge in [0.05, 0.1) is 15.0 Å². The number of pyridine rings is 1. The minimum absolute atomic E-state index is 0.00206. The Morgan fingerprint density at radius 1 is 0.837 bits per heavy atom. The van der Waals surface area contributed by atoms with Crippen LogP contribution < -0.4 is 9.75 Å². The van der Waals surface area contributed by atoms with E-state index in [1.54, 1.807) is 20.8 Å². The Bertz CT molecular complexity index is 2240. The summed E-state index contributed by atoms with van der Waals surface area (Å²) in [5.41, 5.74) is 6.78. The van der Waals surface area contributed by atoms with E-state index in [1.165, 1.54) is 12.1 Å². The molecule has 0 saturated carbocycles. The third-order valence-corrected chi connectivity index (χ3v) is 10.0. The van der Waals surface area contributed by atoms with Gasteiger partial charge in [-0.1, -0.05) is 119 Å². The smallest absolute Gasteiger partial charge is 0.216 e. The van der Waals surface area contributed by atoms with Crippen molar-refractivity contribution < 1.29 is 17.2 Å². The highest BCUT2D eigenvalue weighted by Crippen LogP contribution is 2.41. The molecule has 4 aromatic carbocycles. The normalized spacial score (nSPS) is 15.1. The first-order valence-electron chi connectivity index (χ1n) is 17.9. The first-order chi connectivity index (χ1) is 22.7. The summed E-state index contributed by atoms with van der Waals surface area (Å²) in [5, 5.41) is 3.02. The van der Waals surface area contributed by atoms with E-state index in [9.17, 15) is 1.37 Å². The number of fused-ring (bicyclic) bond motifs is 3. The number of aromatic nitrogens is 1. The zero-order valence-electron chi connectivity index (χ0n) is 32.4. The zero-order chi connectivity index (χ0) is 35.8. The quantitative estimate of drug-likeness (QED) is 0.145. The number of nitrogens with zero attached hydrogens (tertiary/aromatic N) is 1. The lowest BCUT2D eigenvalue weighted by molar-refractivity contribution is -0.659. The van der Waals surface area contributed by atoms with Crippen molar-refractivity contribution in [3.05, 3.63) is 108 Å². The zero-order valence-corrected chi connectivity index (χ0v) is 27.4. The molecule has 43 heavy (non-hydrogen) atoms. The van der Waals surface area contributed by atoms with E-state index in [0.717, 1.165) is 55.1 Å². The first-order valence-corrected chi connectivity index (χ1v) is 18.4. The van der Waals surface area contributed by atoms with Gasteiger partial charge in [0.1, 0.15) is 18.2 Å². The van der Waals surface area contributed by atoms with Crippen LogP contribution in [-0.4, -0.2) is 8.07 Å². The van der Waals surface area contributed by atoms with Gasteiger partial charge in [0.25, 0.3) is 0 Å². The van der Waals surface area contributed by atoms with E-state index in [1.807, 2.05) is 31.3 Å². The lowest BCUT2D eigenvalue weighted by Crippen LogP contribution is -2.46. The molecule has 0 amide bonds. The minimum atomic E-state index is -2.58. The summed E-state index contributed by atoms with van der Waals surface area (Å²) in [6.45, 7) is 11.5. The number of para-hydroxylation sites is 1. The molecule has 0 radical (unpaired) electrons. The number of aryl methyl sites for hydroxylation is 3. The van der Waals surface area contributed by atoms with Crippen molar-refractivity contribution in [3.8, 4) is 33.5 Å². The van der Waals surface area contributed by atoms with Crippen LogP contribution in [0.15, 0.2) is 95.5 Å². The predicted octanol–water partition coefficient (Wildman–Crippen LogP) is 10.2. The van der Waals surface area contributed by atoms with Crippen molar-refractivity contribution in [1.82, 2.24) is 0 Å². The van der Waals surface area contributed by atoms with Crippen LogP contribution in [0.5, 0.6) is 0 Å². The van der Waals surface area contributed by atoms with Gasteiger partial charge < -0.3 is 4.42 Å². The lowest BCUT2D eigenvalue weighted by atomic mass is 9.86. The van der Waals surface area contributed by atoms with E-state index in [4.69, 9.17) is 11.3 Å². The highest BCUT2D eigenvalue weighted by atomic mass is 28.3. The van der Waals surface area contributed by atoms with Crippen LogP contribution in [-0.2, 0) is 13.4 Å². The Balaban J connectivity index is 1.69. The predicted molar refractivity (Wildman–Crippen MR) is 187 cm³/mol. The molecule has 0 saturated heterocycles. The number of benzene rings is 4. The molecule has 3 heteroatoms. The molecule has 0 aliphatic carbocycles. The van der Waals surface area contributed by atoms with E-state index in [2.05, 4.69) is 79.8 Å². The fraction of sp³-hybridized carbons (Fsp3) is 0.275. The van der Waals surface area contributed by atoms with Crippen molar-refractivity contribution in [3.63, 3.8) is 0 Å². The molecule has 2 aromatic heterocycles. The van der Waals surface area contributed by atoms with Gasteiger partial charge in [-0.25, -0.2) is 4.57 Å². The highest BCUT2D eigenvalue weighted by molar-refractivity contribution is 6.89. The monoisotopic (exact) mass is 588 g/mol. The summed E-state index contributed by atoms with van der Waals surface area (Å²) >= 11 is 0. The molecule has 0 N–H and O–H groups in total. The maximum absolute atomic E-state index is 9.31. The van der Waals surface area contributed by atoms with E-state index in [0.29, 0.717) is 11.1 Å². The minimum Gasteiger partial charge on any atom is -0.454 e. The average Bonchev–Trinajstić information content (AvgIpc) is 3.38. The van der Waals surface area contributed by atoms with Crippen molar-refractivity contribution in [1.29, 1.82) is 0 Å². The standard InChI is InChI=1S/C40H44NOSi/c1-26-18-20-33-32-17-13-16-31(29-14-11-10-12-15-29)38(32)42-39(33)37(26)35-23-34(36(25-41(35)6)43(7,8)9)30-21-19-28(22-27(30)2)24-40(3,4)5/h10-23,25H,24H2,1-9H3/q+1/i2D3,21D,24D2. The molecule has 6 rings (SSSR count). The first kappa shape index (κ1) is 22.6. The number of furan rings is 1. The van der Waals surface area contributed by atoms with Crippen LogP contribution in [0.4, 0.5) is 0 Å². The lowest BCUT2D eigenvalue weighted by Gasteiger charge is -2.23. The molecule has 0 spiro atoms. The maximum atomic E-state index is 9.31. The second kappa shape index (κ2) is 10.6. The topological polar surface area (TPSA) is 17.0 Å². The number of hydrogen-bond acceptors (Lipinski definition) is 1. The van der Waals surface area contributed by atoms with Crippen LogP contribution in [0.3, 0.4) is 0 Å². The van der Waals surface area contributed by atoms with Gasteiger partial charge in [0.2, 0.25) is 5.69 Å². The summed E-state index contributed by atoms with van der Waals surface area (Å²) in [4.78, 5) is 0. The van der Waals surface area contributed by atoms with Gasteiger partial charge in [-0.05, 0) is 58.9 Å². The van der Waals surface area contributed by atoms with Crippen LogP contribution in [0, 0.1) is 19.2 Å². The molecule has 6 aromatic rings. The molecule has 2 heterocycles. The fourth-order valence-electron chi connectivity index (χ4n) is 6.05. The maximum Gasteiger partial charge on any atom is 0.216 e. The molecule has 0 aliphatic heterocycles. The molecule has 0 fully saturated rings. The Hall–Kier alpha value is -3.95. The van der Waals surface area contributed by atoms with Crippen molar-refractivity contribution in [2.75, 3.05) is 0 Å². The van der Waals surface area contributed by atoms with E-state index >= 15 is 0 Å². The Kier molecular flexibility index (Phi) is 5.59. The van der Waals surface area contributed by atoms with Crippen LogP contribution in [0.1, 0.15) is 45.7 Å². The number of hydrogen-bond donors (Lipinski definition) is 0. The summed E-state index contributed by atoms with van der Waals surface area (Å²) in [6.07, 6.45) is 0.238. The third-order valence-electron chi connectivity index (χ3n) is 8.03. The summed E-state index contributed by atoms with van der Waals surface area (Å²) < 4.78 is 61.9. The van der Waals surface area contributed by atoms with Gasteiger partial charge in [0.15, 0.2) is 6.20 Å². The Labute approximate surface area is 266 Å². The van der Waals surface area contributed by atoms with E-state index in [-0.39, 0.29) is 17.2 Å². The highest BCUT2D eigenvalue weighted by Gasteiger charge is 2.29. The molecular formula is C40H44NOSi+. The largest absolute Gasteiger partial charge is 0.454 e. The van der Waals surface area contributed by atoms with Gasteiger partial charge in [-0.15, -0.1) is 0 Å². The second-order valence-corrected chi connectivity index (χ2v) is 18.7. The van der Waals surface area contributed by atoms with Crippen LogP contribution in [0.25, 0.3) is 55.4 Å². The van der Waals surface area contributed by atoms with Crippen molar-refractivity contribution >= 4 is 35.2 Å². The molecule has 0 bridgehead atoms. The summed E-state index contributed by atoms with van der Waals surface area (Å²) in [7, 11) is -0.119. The Morgan fingerprint density at radius 2 is 1.58 bits per heavy atom. The van der Waals surface area contributed by atoms with E-state index < -0.39 is 26.7 Å². The molecule has 0 atom stereocenters. The van der Waals surface area contributed by atoms with Crippen LogP contribution >= 0.6 is 0 Å². The molecule has 0 unspecified atom stereocenters. The van der Waals surface area contributed by atoms with Gasteiger partial charge in [0, 0.05) is 34.4 Å². The molecule has 0 aliphatic rings. The Morgan fingerprint density at radius 3 is 2.28 bits per heavy atom. The van der Waals surface area contributed by atoms with Crippen molar-refractivity contribution in [2.24, 2.45) is 12.5 Å². The van der Waals surface area contributed by atoms with Crippen LogP contribution in [0.2, 0.25) is 19.6 Å². The summed E-state index contributed by atoms with van der Waals surface area (Å²) in [6, 6.07) is 25.6. The second-order valence-electron chi connectivity index (χ2n) is 13.7. The summed E-state index contributed by atoms with van der Waals surface area (Å²) in [5.74, 6) is 0. The SMILES string of the molecule is [2H]c1cc(C([2H])([2H])C(C)(C)C)cc(C([2H])([2H])[2H])c1-c1cc(-c2c(C)ccc3c2oc2c(-c4ccccc4)cccc23)[n+](C)cc1[Si](C)(C)C. The third kappa shape index (κ3) is 5.47. The fourth-order valence-corrected chi connectivity index (χ4v) is 7.64. The molecular weight excluding hydrogens is 539 g/mol.